The van der Waals surface area contributed by atoms with E-state index in [0.29, 0.717) is 12.8 Å². The summed E-state index contributed by atoms with van der Waals surface area (Å²) in [6.45, 7) is 7.34. The highest BCUT2D eigenvalue weighted by Gasteiger charge is 2.34. The Morgan fingerprint density at radius 3 is 2.25 bits per heavy atom. The zero-order chi connectivity index (χ0) is 23.7. The van der Waals surface area contributed by atoms with Gasteiger partial charge in [0.15, 0.2) is 5.76 Å². The van der Waals surface area contributed by atoms with Gasteiger partial charge in [0.25, 0.3) is 5.91 Å². The first-order valence-electron chi connectivity index (χ1n) is 10.8. The molecule has 0 radical (unpaired) electrons. The van der Waals surface area contributed by atoms with Crippen LogP contribution in [0.4, 0.5) is 0 Å². The van der Waals surface area contributed by atoms with Crippen LogP contribution in [0.5, 0.6) is 0 Å². The predicted molar refractivity (Wildman–Crippen MR) is 121 cm³/mol. The van der Waals surface area contributed by atoms with Crippen LogP contribution in [-0.2, 0) is 26.7 Å². The van der Waals surface area contributed by atoms with E-state index in [9.17, 15) is 18.0 Å². The second-order valence-electron chi connectivity index (χ2n) is 8.91. The van der Waals surface area contributed by atoms with Gasteiger partial charge < -0.3 is 15.1 Å². The van der Waals surface area contributed by atoms with Gasteiger partial charge in [-0.25, -0.2) is 13.6 Å². The van der Waals surface area contributed by atoms with Gasteiger partial charge in [0.2, 0.25) is 15.9 Å². The van der Waals surface area contributed by atoms with Crippen molar-refractivity contribution in [3.8, 4) is 0 Å². The number of rotatable bonds is 7. The average Bonchev–Trinajstić information content (AvgIpc) is 3.34. The van der Waals surface area contributed by atoms with E-state index >= 15 is 0 Å². The van der Waals surface area contributed by atoms with Crippen LogP contribution in [0.15, 0.2) is 39.6 Å². The highest BCUT2D eigenvalue weighted by molar-refractivity contribution is 7.89. The van der Waals surface area contributed by atoms with Gasteiger partial charge in [-0.1, -0.05) is 31.2 Å². The van der Waals surface area contributed by atoms with Gasteiger partial charge in [-0.2, -0.15) is 0 Å². The SMILES string of the molecule is CCc1ccc(C(C)(C)C(=O)N[C@@H]2CC[C@H](NC(=O)c3cc(S(N)(=O)=O)c(C)o3)C2)cc1. The van der Waals surface area contributed by atoms with E-state index in [0.717, 1.165) is 24.5 Å². The van der Waals surface area contributed by atoms with Gasteiger partial charge in [-0.15, -0.1) is 0 Å². The molecule has 4 N–H and O–H groups in total. The zero-order valence-electron chi connectivity index (χ0n) is 18.9. The first-order chi connectivity index (χ1) is 14.9. The fraction of sp³-hybridized carbons (Fsp3) is 0.478. The molecule has 1 heterocycles. The van der Waals surface area contributed by atoms with Crippen molar-refractivity contribution in [1.82, 2.24) is 10.6 Å². The van der Waals surface area contributed by atoms with Crippen molar-refractivity contribution in [2.45, 2.75) is 75.8 Å². The van der Waals surface area contributed by atoms with Crippen LogP contribution >= 0.6 is 0 Å². The van der Waals surface area contributed by atoms with Crippen molar-refractivity contribution in [2.75, 3.05) is 0 Å². The summed E-state index contributed by atoms with van der Waals surface area (Å²) in [5, 5.41) is 11.1. The van der Waals surface area contributed by atoms with E-state index in [2.05, 4.69) is 17.6 Å². The quantitative estimate of drug-likeness (QED) is 0.583. The molecular weight excluding hydrogens is 430 g/mol. The third-order valence-electron chi connectivity index (χ3n) is 6.16. The lowest BCUT2D eigenvalue weighted by atomic mass is 9.83. The van der Waals surface area contributed by atoms with Crippen LogP contribution in [0.1, 0.15) is 67.5 Å². The highest BCUT2D eigenvalue weighted by Crippen LogP contribution is 2.27. The van der Waals surface area contributed by atoms with Crippen molar-refractivity contribution in [1.29, 1.82) is 0 Å². The fourth-order valence-electron chi connectivity index (χ4n) is 4.01. The number of amides is 2. The third kappa shape index (κ3) is 5.21. The van der Waals surface area contributed by atoms with Crippen LogP contribution in [0.25, 0.3) is 0 Å². The molecule has 0 unspecified atom stereocenters. The van der Waals surface area contributed by atoms with Crippen LogP contribution < -0.4 is 15.8 Å². The Hall–Kier alpha value is -2.65. The number of carbonyl (C=O) groups is 2. The van der Waals surface area contributed by atoms with Crippen LogP contribution in [0, 0.1) is 6.92 Å². The summed E-state index contributed by atoms with van der Waals surface area (Å²) >= 11 is 0. The Labute approximate surface area is 189 Å². The topological polar surface area (TPSA) is 132 Å². The lowest BCUT2D eigenvalue weighted by Crippen LogP contribution is -2.45. The molecule has 0 bridgehead atoms. The summed E-state index contributed by atoms with van der Waals surface area (Å²) in [5.74, 6) is -0.589. The van der Waals surface area contributed by atoms with Crippen molar-refractivity contribution in [3.05, 3.63) is 53.0 Å². The predicted octanol–water partition coefficient (Wildman–Crippen LogP) is 2.54. The molecule has 9 heteroatoms. The molecule has 1 aliphatic carbocycles. The first-order valence-corrected chi connectivity index (χ1v) is 12.3. The highest BCUT2D eigenvalue weighted by atomic mass is 32.2. The molecule has 1 aromatic heterocycles. The smallest absolute Gasteiger partial charge is 0.287 e. The summed E-state index contributed by atoms with van der Waals surface area (Å²) in [6, 6.07) is 9.02. The van der Waals surface area contributed by atoms with E-state index in [1.807, 2.05) is 38.1 Å². The summed E-state index contributed by atoms with van der Waals surface area (Å²) < 4.78 is 28.4. The minimum Gasteiger partial charge on any atom is -0.455 e. The molecule has 1 saturated carbocycles. The second kappa shape index (κ2) is 9.07. The molecule has 174 valence electrons. The number of aryl methyl sites for hydroxylation is 2. The van der Waals surface area contributed by atoms with Gasteiger partial charge in [0, 0.05) is 18.2 Å². The molecule has 2 amide bonds. The number of carbonyl (C=O) groups excluding carboxylic acids is 2. The Morgan fingerprint density at radius 2 is 1.72 bits per heavy atom. The summed E-state index contributed by atoms with van der Waals surface area (Å²) in [5.41, 5.74) is 1.50. The fourth-order valence-corrected chi connectivity index (χ4v) is 4.73. The van der Waals surface area contributed by atoms with Gasteiger partial charge in [0.05, 0.1) is 5.41 Å². The number of nitrogens with two attached hydrogens (primary N) is 1. The number of sulfonamides is 1. The van der Waals surface area contributed by atoms with Crippen LogP contribution in [-0.4, -0.2) is 32.3 Å². The van der Waals surface area contributed by atoms with Gasteiger partial charge in [-0.3, -0.25) is 9.59 Å². The lowest BCUT2D eigenvalue weighted by molar-refractivity contribution is -0.126. The molecule has 8 nitrogen and oxygen atoms in total. The van der Waals surface area contributed by atoms with E-state index < -0.39 is 21.3 Å². The largest absolute Gasteiger partial charge is 0.455 e. The average molecular weight is 462 g/mol. The maximum atomic E-state index is 13.0. The van der Waals surface area contributed by atoms with E-state index in [1.54, 1.807) is 0 Å². The maximum Gasteiger partial charge on any atom is 0.287 e. The molecule has 0 saturated heterocycles. The Kier molecular flexibility index (Phi) is 6.80. The molecule has 32 heavy (non-hydrogen) atoms. The molecule has 1 fully saturated rings. The number of benzene rings is 1. The van der Waals surface area contributed by atoms with Crippen molar-refractivity contribution in [2.24, 2.45) is 5.14 Å². The van der Waals surface area contributed by atoms with Crippen molar-refractivity contribution < 1.29 is 22.4 Å². The van der Waals surface area contributed by atoms with Gasteiger partial charge in [-0.05, 0) is 57.6 Å². The number of hydrogen-bond donors (Lipinski definition) is 3. The van der Waals surface area contributed by atoms with Gasteiger partial charge >= 0.3 is 0 Å². The van der Waals surface area contributed by atoms with Gasteiger partial charge in [0.1, 0.15) is 10.7 Å². The summed E-state index contributed by atoms with van der Waals surface area (Å²) in [6.07, 6.45) is 2.97. The molecule has 2 aromatic rings. The van der Waals surface area contributed by atoms with E-state index in [4.69, 9.17) is 9.56 Å². The number of furan rings is 1. The second-order valence-corrected chi connectivity index (χ2v) is 10.4. The molecule has 1 aromatic carbocycles. The van der Waals surface area contributed by atoms with Crippen molar-refractivity contribution in [3.63, 3.8) is 0 Å². The Morgan fingerprint density at radius 1 is 1.12 bits per heavy atom. The molecular formula is C23H31N3O5S. The van der Waals surface area contributed by atoms with E-state index in [1.165, 1.54) is 12.5 Å². The monoisotopic (exact) mass is 461 g/mol. The van der Waals surface area contributed by atoms with Crippen molar-refractivity contribution >= 4 is 21.8 Å². The Balaban J connectivity index is 1.58. The number of hydrogen-bond acceptors (Lipinski definition) is 5. The summed E-state index contributed by atoms with van der Waals surface area (Å²) in [7, 11) is -3.96. The zero-order valence-corrected chi connectivity index (χ0v) is 19.7. The molecule has 1 aliphatic rings. The minimum absolute atomic E-state index is 0.0553. The molecule has 0 aliphatic heterocycles. The summed E-state index contributed by atoms with van der Waals surface area (Å²) in [4.78, 5) is 25.3. The Bertz CT molecular complexity index is 1100. The number of primary sulfonamides is 1. The normalized spacial score (nSPS) is 19.0. The lowest BCUT2D eigenvalue weighted by Gasteiger charge is -2.26. The van der Waals surface area contributed by atoms with Crippen LogP contribution in [0.2, 0.25) is 0 Å². The minimum atomic E-state index is -3.96. The third-order valence-corrected chi connectivity index (χ3v) is 7.18. The standard InChI is InChI=1S/C23H31N3O5S/c1-5-15-6-8-16(9-7-15)23(3,4)22(28)26-18-11-10-17(12-18)25-21(27)19-13-20(14(2)31-19)32(24,29)30/h6-9,13,17-18H,5,10-12H2,1-4H3,(H,25,27)(H,26,28)(H2,24,29,30)/t17-,18+/m0/s1. The molecule has 3 rings (SSSR count). The van der Waals surface area contributed by atoms with Crippen LogP contribution in [0.3, 0.4) is 0 Å². The van der Waals surface area contributed by atoms with E-state index in [-0.39, 0.29) is 34.4 Å². The first kappa shape index (κ1) is 24.0. The molecule has 2 atom stereocenters. The maximum absolute atomic E-state index is 13.0. The molecule has 0 spiro atoms. The number of nitrogens with one attached hydrogen (secondary N) is 2.